The minimum atomic E-state index is 0.666. The van der Waals surface area contributed by atoms with Crippen LogP contribution in [0.5, 0.6) is 0 Å². The second-order valence-corrected chi connectivity index (χ2v) is 20.2. The van der Waals surface area contributed by atoms with E-state index in [1.54, 1.807) is 0 Å². The number of aromatic nitrogens is 3. The van der Waals surface area contributed by atoms with Crippen LogP contribution in [0.1, 0.15) is 0 Å². The molecule has 14 aromatic rings. The summed E-state index contributed by atoms with van der Waals surface area (Å²) in [6.45, 7) is 0. The van der Waals surface area contributed by atoms with Crippen LogP contribution in [0.2, 0.25) is 0 Å². The van der Waals surface area contributed by atoms with Gasteiger partial charge in [-0.3, -0.25) is 0 Å². The number of fused-ring (bicyclic) bond motifs is 3. The minimum Gasteiger partial charge on any atom is -0.309 e. The van der Waals surface area contributed by atoms with E-state index in [1.807, 2.05) is 0 Å². The van der Waals surface area contributed by atoms with Gasteiger partial charge in [0.1, 0.15) is 0 Å². The summed E-state index contributed by atoms with van der Waals surface area (Å²) in [4.78, 5) is 10.7. The number of para-hydroxylation sites is 2. The Labute approximate surface area is 460 Å². The van der Waals surface area contributed by atoms with Crippen LogP contribution in [0.3, 0.4) is 0 Å². The van der Waals surface area contributed by atoms with E-state index in [-0.39, 0.29) is 0 Å². The van der Waals surface area contributed by atoms with Gasteiger partial charge in [-0.2, -0.15) is 0 Å². The highest BCUT2D eigenvalue weighted by atomic mass is 15.0. The zero-order valence-electron chi connectivity index (χ0n) is 43.3. The van der Waals surface area contributed by atoms with Gasteiger partial charge < -0.3 is 4.57 Å². The van der Waals surface area contributed by atoms with Gasteiger partial charge in [-0.25, -0.2) is 9.97 Å². The molecule has 0 spiro atoms. The Bertz CT molecular complexity index is 4270. The third-order valence-corrected chi connectivity index (χ3v) is 15.2. The smallest absolute Gasteiger partial charge is 0.160 e. The highest BCUT2D eigenvalue weighted by Gasteiger charge is 2.16. The van der Waals surface area contributed by atoms with Crippen molar-refractivity contribution in [2.45, 2.75) is 0 Å². The Balaban J connectivity index is 0.816. The molecule has 0 aliphatic heterocycles. The van der Waals surface area contributed by atoms with Gasteiger partial charge in [0, 0.05) is 33.2 Å². The maximum Gasteiger partial charge on any atom is 0.160 e. The molecule has 0 unspecified atom stereocenters. The summed E-state index contributed by atoms with van der Waals surface area (Å²) in [6.07, 6.45) is 0. The van der Waals surface area contributed by atoms with Crippen LogP contribution in [0.15, 0.2) is 309 Å². The fourth-order valence-electron chi connectivity index (χ4n) is 11.2. The molecule has 3 heteroatoms. The van der Waals surface area contributed by atoms with E-state index < -0.39 is 0 Å². The van der Waals surface area contributed by atoms with Gasteiger partial charge in [-0.05, 0) is 139 Å². The van der Waals surface area contributed by atoms with Crippen LogP contribution < -0.4 is 0 Å². The van der Waals surface area contributed by atoms with Crippen LogP contribution in [-0.4, -0.2) is 14.5 Å². The molecule has 0 aliphatic carbocycles. The fourth-order valence-corrected chi connectivity index (χ4v) is 11.2. The highest BCUT2D eigenvalue weighted by molar-refractivity contribution is 6.09. The molecule has 370 valence electrons. The maximum atomic E-state index is 5.36. The van der Waals surface area contributed by atoms with Crippen molar-refractivity contribution in [3.8, 4) is 117 Å². The maximum absolute atomic E-state index is 5.36. The van der Waals surface area contributed by atoms with Gasteiger partial charge in [-0.1, -0.05) is 249 Å². The van der Waals surface area contributed by atoms with E-state index in [2.05, 4.69) is 314 Å². The van der Waals surface area contributed by atoms with Gasteiger partial charge in [0.25, 0.3) is 0 Å². The van der Waals surface area contributed by atoms with E-state index in [9.17, 15) is 0 Å². The first-order valence-corrected chi connectivity index (χ1v) is 26.9. The minimum absolute atomic E-state index is 0.666. The summed E-state index contributed by atoms with van der Waals surface area (Å²) in [5, 5.41) is 2.49. The van der Waals surface area contributed by atoms with Crippen LogP contribution >= 0.6 is 0 Å². The molecule has 14 rings (SSSR count). The molecule has 2 aromatic heterocycles. The lowest BCUT2D eigenvalue weighted by molar-refractivity contribution is 1.18. The van der Waals surface area contributed by atoms with Gasteiger partial charge in [0.15, 0.2) is 5.82 Å². The molecule has 12 aromatic carbocycles. The van der Waals surface area contributed by atoms with Crippen molar-refractivity contribution in [2.24, 2.45) is 0 Å². The van der Waals surface area contributed by atoms with Gasteiger partial charge in [0.05, 0.1) is 22.4 Å². The molecule has 0 bridgehead atoms. The van der Waals surface area contributed by atoms with Crippen molar-refractivity contribution in [1.29, 1.82) is 0 Å². The molecular formula is C76H51N3. The second kappa shape index (κ2) is 20.6. The van der Waals surface area contributed by atoms with E-state index in [0.29, 0.717) is 5.82 Å². The van der Waals surface area contributed by atoms with Crippen LogP contribution in [0.25, 0.3) is 139 Å². The quantitative estimate of drug-likeness (QED) is 0.129. The van der Waals surface area contributed by atoms with Crippen molar-refractivity contribution in [3.05, 3.63) is 309 Å². The Morgan fingerprint density at radius 2 is 0.481 bits per heavy atom. The van der Waals surface area contributed by atoms with Gasteiger partial charge in [0.2, 0.25) is 0 Å². The lowest BCUT2D eigenvalue weighted by atomic mass is 9.95. The van der Waals surface area contributed by atoms with Crippen LogP contribution in [-0.2, 0) is 0 Å². The predicted octanol–water partition coefficient (Wildman–Crippen LogP) is 20.2. The monoisotopic (exact) mass is 1010 g/mol. The summed E-state index contributed by atoms with van der Waals surface area (Å²) in [6, 6.07) is 111. The lowest BCUT2D eigenvalue weighted by Crippen LogP contribution is -1.96. The molecule has 0 N–H and O–H groups in total. The molecule has 3 nitrogen and oxygen atoms in total. The highest BCUT2D eigenvalue weighted by Crippen LogP contribution is 2.37. The van der Waals surface area contributed by atoms with E-state index >= 15 is 0 Å². The zero-order chi connectivity index (χ0) is 52.5. The molecular weight excluding hydrogens is 955 g/mol. The molecule has 0 saturated heterocycles. The molecule has 0 atom stereocenters. The van der Waals surface area contributed by atoms with E-state index in [0.717, 1.165) is 67.1 Å². The molecule has 0 saturated carbocycles. The number of hydrogen-bond donors (Lipinski definition) is 0. The van der Waals surface area contributed by atoms with Crippen molar-refractivity contribution >= 4 is 21.8 Å². The Hall–Kier alpha value is -10.5. The Morgan fingerprint density at radius 3 is 0.924 bits per heavy atom. The largest absolute Gasteiger partial charge is 0.309 e. The van der Waals surface area contributed by atoms with Gasteiger partial charge >= 0.3 is 0 Å². The second-order valence-electron chi connectivity index (χ2n) is 20.2. The summed E-state index contributed by atoms with van der Waals surface area (Å²) < 4.78 is 2.38. The fraction of sp³-hybridized carbons (Fsp3) is 0. The molecule has 0 radical (unpaired) electrons. The topological polar surface area (TPSA) is 30.7 Å². The lowest BCUT2D eigenvalue weighted by Gasteiger charge is -2.13. The van der Waals surface area contributed by atoms with E-state index in [1.165, 1.54) is 66.3 Å². The predicted molar refractivity (Wildman–Crippen MR) is 331 cm³/mol. The van der Waals surface area contributed by atoms with Crippen LogP contribution in [0, 0.1) is 0 Å². The van der Waals surface area contributed by atoms with Crippen molar-refractivity contribution < 1.29 is 0 Å². The number of hydrogen-bond acceptors (Lipinski definition) is 2. The van der Waals surface area contributed by atoms with Crippen LogP contribution in [0.4, 0.5) is 0 Å². The van der Waals surface area contributed by atoms with E-state index in [4.69, 9.17) is 9.97 Å². The number of benzene rings is 12. The van der Waals surface area contributed by atoms with Crippen molar-refractivity contribution in [2.75, 3.05) is 0 Å². The average Bonchev–Trinajstić information content (AvgIpc) is 4.07. The average molecular weight is 1010 g/mol. The molecule has 2 heterocycles. The van der Waals surface area contributed by atoms with Crippen molar-refractivity contribution in [1.82, 2.24) is 14.5 Å². The Kier molecular flexibility index (Phi) is 12.2. The molecule has 0 aliphatic rings. The molecule has 0 fully saturated rings. The van der Waals surface area contributed by atoms with Crippen molar-refractivity contribution in [3.63, 3.8) is 0 Å². The summed E-state index contributed by atoms with van der Waals surface area (Å²) in [5.74, 6) is 0.666. The number of rotatable bonds is 11. The Morgan fingerprint density at radius 1 is 0.190 bits per heavy atom. The molecule has 0 amide bonds. The normalized spacial score (nSPS) is 11.3. The number of nitrogens with zero attached hydrogens (tertiary/aromatic N) is 3. The first-order valence-electron chi connectivity index (χ1n) is 26.9. The third-order valence-electron chi connectivity index (χ3n) is 15.2. The first kappa shape index (κ1) is 47.0. The standard InChI is InChI=1S/C76H51N3/c1-3-17-52(18-4-1)58-21-11-25-62(45-58)64-27-13-23-60(47-64)54-37-41-56(42-38-54)72-51-73(68-31-15-29-66(49-68)67-30-16-32-69(50-67)79-74-35-9-7-33-70(74)71-34-8-10-36-75(71)79)78-76(77-72)57-43-39-55(40-44-57)61-24-14-28-65(48-61)63-26-12-22-59(46-63)53-19-5-2-6-20-53/h1-51H. The SMILES string of the molecule is c1ccc(-c2cccc(-c3cccc(-c4ccc(-c5cc(-c6cccc(-c7cccc(-n8c9ccccc9c9ccccc98)c7)c6)nc(-c6ccc(-c7cccc(-c8cccc(-c9ccccc9)c8)c7)cc6)n5)cc4)c3)c2)cc1. The van der Waals surface area contributed by atoms with Gasteiger partial charge in [-0.15, -0.1) is 0 Å². The first-order chi connectivity index (χ1) is 39.1. The zero-order valence-corrected chi connectivity index (χ0v) is 43.3. The summed E-state index contributed by atoms with van der Waals surface area (Å²) in [5.41, 5.74) is 24.5. The summed E-state index contributed by atoms with van der Waals surface area (Å²) in [7, 11) is 0. The molecule has 79 heavy (non-hydrogen) atoms. The summed E-state index contributed by atoms with van der Waals surface area (Å²) >= 11 is 0. The third kappa shape index (κ3) is 9.41.